The average Bonchev–Trinajstić information content (AvgIpc) is 2.37. The van der Waals surface area contributed by atoms with Crippen LogP contribution >= 0.6 is 22.6 Å². The molecule has 0 spiro atoms. The summed E-state index contributed by atoms with van der Waals surface area (Å²) in [5.41, 5.74) is -1.97. The summed E-state index contributed by atoms with van der Waals surface area (Å²) in [6, 6.07) is 2.09. The predicted molar refractivity (Wildman–Crippen MR) is 76.7 cm³/mol. The van der Waals surface area contributed by atoms with Gasteiger partial charge in [0.15, 0.2) is 0 Å². The van der Waals surface area contributed by atoms with E-state index in [1.807, 2.05) is 0 Å². The summed E-state index contributed by atoms with van der Waals surface area (Å²) in [6.07, 6.45) is -3.57. The lowest BCUT2D eigenvalue weighted by Gasteiger charge is -2.07. The number of esters is 1. The monoisotopic (exact) mass is 415 g/mol. The Labute approximate surface area is 131 Å². The van der Waals surface area contributed by atoms with Crippen LogP contribution in [-0.2, 0) is 15.7 Å². The third-order valence-electron chi connectivity index (χ3n) is 2.31. The quantitative estimate of drug-likeness (QED) is 0.246. The van der Waals surface area contributed by atoms with Crippen molar-refractivity contribution in [2.75, 3.05) is 6.61 Å². The van der Waals surface area contributed by atoms with Crippen LogP contribution in [0.3, 0.4) is 0 Å². The Morgan fingerprint density at radius 1 is 1.48 bits per heavy atom. The Bertz CT molecular complexity index is 599. The molecule has 0 fully saturated rings. The number of hydrogen-bond acceptors (Lipinski definition) is 4. The summed E-state index contributed by atoms with van der Waals surface area (Å²) in [5, 5.41) is 10.9. The molecule has 5 nitrogen and oxygen atoms in total. The van der Waals surface area contributed by atoms with E-state index in [0.717, 1.165) is 12.1 Å². The van der Waals surface area contributed by atoms with Gasteiger partial charge in [0.25, 0.3) is 5.69 Å². The predicted octanol–water partition coefficient (Wildman–Crippen LogP) is 3.95. The second-order valence-electron chi connectivity index (χ2n) is 3.74. The van der Waals surface area contributed by atoms with E-state index < -0.39 is 28.3 Å². The van der Waals surface area contributed by atoms with Gasteiger partial charge in [0.2, 0.25) is 0 Å². The summed E-state index contributed by atoms with van der Waals surface area (Å²) in [7, 11) is 0. The van der Waals surface area contributed by atoms with Gasteiger partial charge >= 0.3 is 12.1 Å². The molecule has 0 saturated carbocycles. The Hall–Kier alpha value is -1.65. The molecule has 9 heteroatoms. The third-order valence-corrected chi connectivity index (χ3v) is 3.06. The molecule has 0 heterocycles. The lowest BCUT2D eigenvalue weighted by atomic mass is 10.1. The molecule has 1 rings (SSSR count). The van der Waals surface area contributed by atoms with Crippen molar-refractivity contribution in [3.05, 3.63) is 43.0 Å². The van der Waals surface area contributed by atoms with Gasteiger partial charge in [-0.2, -0.15) is 13.2 Å². The van der Waals surface area contributed by atoms with Crippen molar-refractivity contribution >= 4 is 40.3 Å². The van der Waals surface area contributed by atoms with Crippen LogP contribution < -0.4 is 0 Å². The first-order valence-corrected chi connectivity index (χ1v) is 6.64. The first-order chi connectivity index (χ1) is 9.66. The number of carbonyl (C=O) groups is 1. The molecule has 0 atom stereocenters. The Morgan fingerprint density at radius 2 is 2.10 bits per heavy atom. The molecule has 0 amide bonds. The maximum Gasteiger partial charge on any atom is 0.416 e. The van der Waals surface area contributed by atoms with Crippen LogP contribution in [0.25, 0.3) is 6.08 Å². The molecule has 0 N–H and O–H groups in total. The number of nitro benzene ring substituents is 1. The number of halogens is 4. The van der Waals surface area contributed by atoms with E-state index in [-0.39, 0.29) is 15.8 Å². The molecular formula is C12H9F3INO4. The number of nitrogens with zero attached hydrogens (tertiary/aromatic N) is 1. The second-order valence-corrected chi connectivity index (χ2v) is 4.90. The van der Waals surface area contributed by atoms with Crippen molar-refractivity contribution < 1.29 is 27.6 Å². The van der Waals surface area contributed by atoms with E-state index in [1.54, 1.807) is 29.5 Å². The van der Waals surface area contributed by atoms with Gasteiger partial charge < -0.3 is 4.74 Å². The van der Waals surface area contributed by atoms with Gasteiger partial charge in [0.1, 0.15) is 0 Å². The zero-order chi connectivity index (χ0) is 16.2. The molecule has 1 aromatic rings. The lowest BCUT2D eigenvalue weighted by Crippen LogP contribution is -2.06. The van der Waals surface area contributed by atoms with Crippen molar-refractivity contribution in [2.24, 2.45) is 0 Å². The highest BCUT2D eigenvalue weighted by atomic mass is 127. The smallest absolute Gasteiger partial charge is 0.416 e. The molecule has 0 aliphatic heterocycles. The number of hydrogen-bond donors (Lipinski definition) is 0. The lowest BCUT2D eigenvalue weighted by molar-refractivity contribution is -0.385. The number of benzene rings is 1. The maximum atomic E-state index is 12.5. The molecule has 0 bridgehead atoms. The normalized spacial score (nSPS) is 12.1. The van der Waals surface area contributed by atoms with Crippen LogP contribution in [0.1, 0.15) is 18.1 Å². The Kier molecular flexibility index (Phi) is 5.70. The molecular weight excluding hydrogens is 406 g/mol. The summed E-state index contributed by atoms with van der Waals surface area (Å²) in [5.74, 6) is -0.702. The molecule has 114 valence electrons. The highest BCUT2D eigenvalue weighted by Gasteiger charge is 2.32. The molecule has 0 saturated heterocycles. The highest BCUT2D eigenvalue weighted by Crippen LogP contribution is 2.34. The summed E-state index contributed by atoms with van der Waals surface area (Å²) < 4.78 is 42.3. The first kappa shape index (κ1) is 17.4. The zero-order valence-corrected chi connectivity index (χ0v) is 12.8. The van der Waals surface area contributed by atoms with Crippen LogP contribution in [-0.4, -0.2) is 17.5 Å². The molecule has 0 radical (unpaired) electrons. The largest absolute Gasteiger partial charge is 0.462 e. The van der Waals surface area contributed by atoms with Crippen molar-refractivity contribution in [3.63, 3.8) is 0 Å². The van der Waals surface area contributed by atoms with Gasteiger partial charge in [0, 0.05) is 6.07 Å². The molecule has 0 aliphatic rings. The topological polar surface area (TPSA) is 69.4 Å². The van der Waals surface area contributed by atoms with Gasteiger partial charge in [-0.25, -0.2) is 4.79 Å². The minimum Gasteiger partial charge on any atom is -0.462 e. The maximum absolute atomic E-state index is 12.5. The molecule has 0 aliphatic carbocycles. The fraction of sp³-hybridized carbons (Fsp3) is 0.250. The average molecular weight is 415 g/mol. The molecule has 0 aromatic heterocycles. The van der Waals surface area contributed by atoms with E-state index in [2.05, 4.69) is 4.74 Å². The SMILES string of the molecule is CCOC(=O)/C(I)=C/c1ccc(C(F)(F)F)cc1[N+](=O)[O-]. The van der Waals surface area contributed by atoms with Crippen molar-refractivity contribution in [1.29, 1.82) is 0 Å². The van der Waals surface area contributed by atoms with E-state index in [4.69, 9.17) is 0 Å². The van der Waals surface area contributed by atoms with Crippen LogP contribution in [0.15, 0.2) is 21.8 Å². The van der Waals surface area contributed by atoms with E-state index in [1.165, 1.54) is 0 Å². The van der Waals surface area contributed by atoms with E-state index >= 15 is 0 Å². The van der Waals surface area contributed by atoms with Crippen molar-refractivity contribution in [3.8, 4) is 0 Å². The zero-order valence-electron chi connectivity index (χ0n) is 10.6. The third kappa shape index (κ3) is 4.69. The van der Waals surface area contributed by atoms with Crippen LogP contribution in [0.4, 0.5) is 18.9 Å². The van der Waals surface area contributed by atoms with E-state index in [9.17, 15) is 28.1 Å². The minimum absolute atomic E-state index is 0.0253. The summed E-state index contributed by atoms with van der Waals surface area (Å²) in [4.78, 5) is 21.3. The van der Waals surface area contributed by atoms with E-state index in [0.29, 0.717) is 12.1 Å². The second kappa shape index (κ2) is 6.87. The van der Waals surface area contributed by atoms with Crippen molar-refractivity contribution in [1.82, 2.24) is 0 Å². The number of ether oxygens (including phenoxy) is 1. The fourth-order valence-corrected chi connectivity index (χ4v) is 1.89. The van der Waals surface area contributed by atoms with Gasteiger partial charge in [-0.05, 0) is 47.7 Å². The fourth-order valence-electron chi connectivity index (χ4n) is 1.40. The number of alkyl halides is 3. The van der Waals surface area contributed by atoms with Crippen LogP contribution in [0.2, 0.25) is 0 Å². The molecule has 21 heavy (non-hydrogen) atoms. The van der Waals surface area contributed by atoms with Crippen molar-refractivity contribution in [2.45, 2.75) is 13.1 Å². The van der Waals surface area contributed by atoms with Gasteiger partial charge in [-0.3, -0.25) is 10.1 Å². The summed E-state index contributed by atoms with van der Waals surface area (Å²) >= 11 is 1.60. The Balaban J connectivity index is 3.28. The molecule has 1 aromatic carbocycles. The van der Waals surface area contributed by atoms with Gasteiger partial charge in [0.05, 0.1) is 26.2 Å². The van der Waals surface area contributed by atoms with Crippen LogP contribution in [0, 0.1) is 10.1 Å². The van der Waals surface area contributed by atoms with Gasteiger partial charge in [-0.15, -0.1) is 0 Å². The van der Waals surface area contributed by atoms with Crippen LogP contribution in [0.5, 0.6) is 0 Å². The Morgan fingerprint density at radius 3 is 2.57 bits per heavy atom. The summed E-state index contributed by atoms with van der Waals surface area (Å²) in [6.45, 7) is 1.71. The number of nitro groups is 1. The highest BCUT2D eigenvalue weighted by molar-refractivity contribution is 14.1. The first-order valence-electron chi connectivity index (χ1n) is 5.56. The minimum atomic E-state index is -4.68. The number of rotatable bonds is 4. The standard InChI is InChI=1S/C12H9F3INO4/c1-2-21-11(18)9(16)5-7-3-4-8(12(13,14)15)6-10(7)17(19)20/h3-6H,2H2,1H3/b9-5-. The molecule has 0 unspecified atom stereocenters. The number of carbonyl (C=O) groups excluding carboxylic acids is 1. The van der Waals surface area contributed by atoms with Gasteiger partial charge in [-0.1, -0.05) is 0 Å².